The highest BCUT2D eigenvalue weighted by Gasteiger charge is 2.39. The van der Waals surface area contributed by atoms with Gasteiger partial charge in [-0.15, -0.1) is 5.10 Å². The molecule has 0 unspecified atom stereocenters. The van der Waals surface area contributed by atoms with Crippen molar-refractivity contribution in [2.45, 2.75) is 56.7 Å². The van der Waals surface area contributed by atoms with Crippen molar-refractivity contribution in [3.63, 3.8) is 0 Å². The van der Waals surface area contributed by atoms with Gasteiger partial charge in [0.2, 0.25) is 0 Å². The Kier molecular flexibility index (Phi) is 4.48. The van der Waals surface area contributed by atoms with E-state index < -0.39 is 11.4 Å². The van der Waals surface area contributed by atoms with E-state index in [2.05, 4.69) is 15.6 Å². The highest BCUT2D eigenvalue weighted by atomic mass is 19.1. The quantitative estimate of drug-likeness (QED) is 0.860. The van der Waals surface area contributed by atoms with Gasteiger partial charge in [0.05, 0.1) is 11.8 Å². The van der Waals surface area contributed by atoms with Crippen LogP contribution in [0.5, 0.6) is 0 Å². The van der Waals surface area contributed by atoms with Crippen molar-refractivity contribution in [3.8, 4) is 0 Å². The summed E-state index contributed by atoms with van der Waals surface area (Å²) in [6.07, 6.45) is 7.15. The molecule has 6 nitrogen and oxygen atoms in total. The van der Waals surface area contributed by atoms with Crippen molar-refractivity contribution in [2.24, 2.45) is 5.92 Å². The largest absolute Gasteiger partial charge is 0.383 e. The van der Waals surface area contributed by atoms with Gasteiger partial charge < -0.3 is 10.4 Å². The Bertz CT molecular complexity index is 802. The summed E-state index contributed by atoms with van der Waals surface area (Å²) >= 11 is 0. The first-order valence-electron chi connectivity index (χ1n) is 9.23. The molecule has 0 bridgehead atoms. The Balaban J connectivity index is 1.41. The summed E-state index contributed by atoms with van der Waals surface area (Å²) in [7, 11) is 0. The van der Waals surface area contributed by atoms with E-state index in [0.29, 0.717) is 12.2 Å². The van der Waals surface area contributed by atoms with Gasteiger partial charge >= 0.3 is 0 Å². The fourth-order valence-corrected chi connectivity index (χ4v) is 3.95. The summed E-state index contributed by atoms with van der Waals surface area (Å²) in [4.78, 5) is 12.4. The molecule has 7 heteroatoms. The smallest absolute Gasteiger partial charge is 0.254 e. The van der Waals surface area contributed by atoms with E-state index >= 15 is 0 Å². The third-order valence-electron chi connectivity index (χ3n) is 5.71. The van der Waals surface area contributed by atoms with Crippen LogP contribution < -0.4 is 5.32 Å². The number of benzene rings is 1. The number of rotatable bonds is 5. The lowest BCUT2D eigenvalue weighted by atomic mass is 9.78. The van der Waals surface area contributed by atoms with Crippen molar-refractivity contribution in [3.05, 3.63) is 47.5 Å². The number of hydrogen-bond donors (Lipinski definition) is 2. The molecule has 2 N–H and O–H groups in total. The van der Waals surface area contributed by atoms with Crippen LogP contribution in [0.15, 0.2) is 30.5 Å². The second-order valence-electron chi connectivity index (χ2n) is 7.46. The zero-order chi connectivity index (χ0) is 18.1. The SMILES string of the molecule is O=C(N[C@H]1CCC[C@H]1Cn1cc(C2(O)CCC2)nn1)c1ccccc1F. The second-order valence-corrected chi connectivity index (χ2v) is 7.46. The summed E-state index contributed by atoms with van der Waals surface area (Å²) in [6.45, 7) is 0.630. The topological polar surface area (TPSA) is 80.0 Å². The first kappa shape index (κ1) is 17.1. The van der Waals surface area contributed by atoms with Crippen LogP contribution in [0.2, 0.25) is 0 Å². The van der Waals surface area contributed by atoms with Gasteiger partial charge in [-0.3, -0.25) is 9.48 Å². The highest BCUT2D eigenvalue weighted by Crippen LogP contribution is 2.39. The van der Waals surface area contributed by atoms with E-state index in [4.69, 9.17) is 0 Å². The standard InChI is InChI=1S/C19H23FN4O2/c20-15-7-2-1-6-14(15)18(25)21-16-8-3-5-13(16)11-24-12-17(22-23-24)19(26)9-4-10-19/h1-2,6-7,12-13,16,26H,3-5,8-11H2,(H,21,25)/t13-,16-/m0/s1. The number of halogens is 1. The molecule has 2 aromatic rings. The Morgan fingerprint density at radius 3 is 2.85 bits per heavy atom. The van der Waals surface area contributed by atoms with Crippen LogP contribution in [0.1, 0.15) is 54.6 Å². The molecule has 0 aliphatic heterocycles. The lowest BCUT2D eigenvalue weighted by Gasteiger charge is -2.34. The fraction of sp³-hybridized carbons (Fsp3) is 0.526. The van der Waals surface area contributed by atoms with Gasteiger partial charge in [0, 0.05) is 12.6 Å². The summed E-state index contributed by atoms with van der Waals surface area (Å²) in [6, 6.07) is 6.01. The number of carbonyl (C=O) groups is 1. The average molecular weight is 358 g/mol. The van der Waals surface area contributed by atoms with Crippen LogP contribution in [0.25, 0.3) is 0 Å². The number of hydrogen-bond acceptors (Lipinski definition) is 4. The summed E-state index contributed by atoms with van der Waals surface area (Å²) in [5, 5.41) is 21.6. The molecular weight excluding hydrogens is 335 g/mol. The van der Waals surface area contributed by atoms with E-state index in [9.17, 15) is 14.3 Å². The van der Waals surface area contributed by atoms with Crippen LogP contribution in [-0.2, 0) is 12.1 Å². The minimum absolute atomic E-state index is 0.0125. The third kappa shape index (κ3) is 3.23. The van der Waals surface area contributed by atoms with E-state index in [1.165, 1.54) is 12.1 Å². The van der Waals surface area contributed by atoms with E-state index in [1.807, 2.05) is 6.20 Å². The zero-order valence-electron chi connectivity index (χ0n) is 14.6. The van der Waals surface area contributed by atoms with Crippen molar-refractivity contribution < 1.29 is 14.3 Å². The first-order chi connectivity index (χ1) is 12.5. The number of nitrogens with one attached hydrogen (secondary N) is 1. The molecule has 2 fully saturated rings. The van der Waals surface area contributed by atoms with Crippen molar-refractivity contribution in [2.75, 3.05) is 0 Å². The average Bonchev–Trinajstić information content (AvgIpc) is 3.24. The normalized spacial score (nSPS) is 24.2. The Morgan fingerprint density at radius 1 is 1.31 bits per heavy atom. The maximum atomic E-state index is 13.8. The minimum Gasteiger partial charge on any atom is -0.383 e. The highest BCUT2D eigenvalue weighted by molar-refractivity contribution is 5.94. The molecule has 1 aromatic heterocycles. The summed E-state index contributed by atoms with van der Waals surface area (Å²) in [5.41, 5.74) is -0.103. The number of aliphatic hydroxyl groups is 1. The lowest BCUT2D eigenvalue weighted by Crippen LogP contribution is -2.39. The molecule has 1 heterocycles. The Hall–Kier alpha value is -2.28. The van der Waals surface area contributed by atoms with E-state index in [0.717, 1.165) is 38.5 Å². The zero-order valence-corrected chi connectivity index (χ0v) is 14.6. The maximum absolute atomic E-state index is 13.8. The van der Waals surface area contributed by atoms with Gasteiger partial charge in [0.25, 0.3) is 5.91 Å². The maximum Gasteiger partial charge on any atom is 0.254 e. The van der Waals surface area contributed by atoms with E-state index in [1.54, 1.807) is 16.8 Å². The van der Waals surface area contributed by atoms with Gasteiger partial charge in [-0.25, -0.2) is 4.39 Å². The van der Waals surface area contributed by atoms with Crippen LogP contribution in [0.4, 0.5) is 4.39 Å². The molecule has 2 aliphatic rings. The Morgan fingerprint density at radius 2 is 2.12 bits per heavy atom. The van der Waals surface area contributed by atoms with Crippen molar-refractivity contribution in [1.29, 1.82) is 0 Å². The van der Waals surface area contributed by atoms with Crippen LogP contribution in [0, 0.1) is 11.7 Å². The van der Waals surface area contributed by atoms with Gasteiger partial charge in [-0.05, 0) is 50.2 Å². The van der Waals surface area contributed by atoms with Crippen LogP contribution in [-0.4, -0.2) is 32.0 Å². The molecule has 138 valence electrons. The second kappa shape index (κ2) is 6.79. The molecular formula is C19H23FN4O2. The fourth-order valence-electron chi connectivity index (χ4n) is 3.95. The van der Waals surface area contributed by atoms with Crippen LogP contribution in [0.3, 0.4) is 0 Å². The van der Waals surface area contributed by atoms with E-state index in [-0.39, 0.29) is 23.4 Å². The molecule has 4 rings (SSSR count). The van der Waals surface area contributed by atoms with Gasteiger partial charge in [0.15, 0.2) is 0 Å². The molecule has 1 aromatic carbocycles. The van der Waals surface area contributed by atoms with Gasteiger partial charge in [-0.2, -0.15) is 0 Å². The molecule has 2 saturated carbocycles. The van der Waals surface area contributed by atoms with Crippen molar-refractivity contribution >= 4 is 5.91 Å². The third-order valence-corrected chi connectivity index (χ3v) is 5.71. The summed E-state index contributed by atoms with van der Waals surface area (Å²) in [5.74, 6) is -0.659. The number of carbonyl (C=O) groups excluding carboxylic acids is 1. The predicted molar refractivity (Wildman–Crippen MR) is 92.8 cm³/mol. The predicted octanol–water partition coefficient (Wildman–Crippen LogP) is 2.39. The Labute approximate surface area is 151 Å². The molecule has 0 saturated heterocycles. The van der Waals surface area contributed by atoms with Gasteiger partial charge in [-0.1, -0.05) is 23.8 Å². The minimum atomic E-state index is -0.813. The monoisotopic (exact) mass is 358 g/mol. The number of nitrogens with zero attached hydrogens (tertiary/aromatic N) is 3. The summed E-state index contributed by atoms with van der Waals surface area (Å²) < 4.78 is 15.6. The van der Waals surface area contributed by atoms with Crippen LogP contribution >= 0.6 is 0 Å². The molecule has 0 radical (unpaired) electrons. The van der Waals surface area contributed by atoms with Gasteiger partial charge in [0.1, 0.15) is 17.1 Å². The molecule has 2 aliphatic carbocycles. The number of aromatic nitrogens is 3. The number of amides is 1. The van der Waals surface area contributed by atoms with Crippen molar-refractivity contribution in [1.82, 2.24) is 20.3 Å². The lowest BCUT2D eigenvalue weighted by molar-refractivity contribution is -0.0427. The molecule has 2 atom stereocenters. The molecule has 0 spiro atoms. The molecule has 26 heavy (non-hydrogen) atoms. The first-order valence-corrected chi connectivity index (χ1v) is 9.23. The molecule has 1 amide bonds.